The Balaban J connectivity index is 1.55. The Labute approximate surface area is 271 Å². The molecule has 2 bridgehead atoms. The van der Waals surface area contributed by atoms with Crippen molar-refractivity contribution in [2.24, 2.45) is 5.41 Å². The van der Waals surface area contributed by atoms with Gasteiger partial charge in [0.15, 0.2) is 5.76 Å². The first kappa shape index (κ1) is 33.2. The van der Waals surface area contributed by atoms with Gasteiger partial charge < -0.3 is 24.8 Å². The van der Waals surface area contributed by atoms with Crippen LogP contribution in [-0.2, 0) is 12.8 Å². The Morgan fingerprint density at radius 1 is 1.16 bits per heavy atom. The van der Waals surface area contributed by atoms with Crippen LogP contribution in [0.5, 0.6) is 0 Å². The number of ketones is 1. The monoisotopic (exact) mass is 632 g/mol. The fourth-order valence-electron chi connectivity index (χ4n) is 7.34. The number of carbonyl (C=O) groups excluding carboxylic acids is 2. The molecule has 45 heavy (non-hydrogen) atoms. The number of hydrogen-bond donors (Lipinski definition) is 3. The van der Waals surface area contributed by atoms with Crippen LogP contribution in [0.4, 0.5) is 4.79 Å². The molecule has 6 rings (SSSR count). The third kappa shape index (κ3) is 7.45. The quantitative estimate of drug-likeness (QED) is 0.179. The molecule has 3 aliphatic carbocycles. The lowest BCUT2D eigenvalue weighted by Gasteiger charge is -2.46. The van der Waals surface area contributed by atoms with Gasteiger partial charge in [-0.1, -0.05) is 36.8 Å². The van der Waals surface area contributed by atoms with E-state index >= 15 is 0 Å². The molecule has 7 nitrogen and oxygen atoms in total. The molecule has 0 spiro atoms. The summed E-state index contributed by atoms with van der Waals surface area (Å²) < 4.78 is 5.55. The van der Waals surface area contributed by atoms with Crippen molar-refractivity contribution >= 4 is 23.2 Å². The van der Waals surface area contributed by atoms with Gasteiger partial charge in [0, 0.05) is 28.4 Å². The number of rotatable bonds is 8. The second-order valence-electron chi connectivity index (χ2n) is 13.6. The van der Waals surface area contributed by atoms with Crippen LogP contribution >= 0.6 is 11.3 Å². The van der Waals surface area contributed by atoms with Crippen LogP contribution in [0.15, 0.2) is 70.2 Å². The SMILES string of the molecule is CC1=CCC[C@@]2(C)[C@@H](CC[C@@]2(O)CN(CCc2cccs2)C(=O)NC(C)C)c2ccc(cc2C(=O)c2ccco2)C[C@@H](O)CC1. The van der Waals surface area contributed by atoms with Crippen molar-refractivity contribution in [2.45, 2.75) is 103 Å². The molecule has 1 saturated carbocycles. The number of aliphatic hydroxyl groups is 2. The Bertz CT molecular complexity index is 1480. The minimum absolute atomic E-state index is 0.0297. The number of nitrogens with one attached hydrogen (secondary N) is 1. The number of hydrogen-bond acceptors (Lipinski definition) is 6. The number of allylic oxidation sites excluding steroid dienone is 2. The van der Waals surface area contributed by atoms with Gasteiger partial charge in [-0.15, -0.1) is 11.3 Å². The van der Waals surface area contributed by atoms with Gasteiger partial charge in [0.1, 0.15) is 0 Å². The van der Waals surface area contributed by atoms with Crippen molar-refractivity contribution < 1.29 is 24.2 Å². The molecule has 242 valence electrons. The molecule has 3 N–H and O–H groups in total. The summed E-state index contributed by atoms with van der Waals surface area (Å²) in [6.07, 6.45) is 8.47. The highest BCUT2D eigenvalue weighted by Gasteiger charge is 2.57. The standard InChI is InChI=1S/C37H48N2O5S/c1-25(2)38-35(42)39(19-16-29-9-7-21-45-29)24-37(43)18-15-32-30-14-12-27(23-31(30)34(41)33-10-6-20-44-33)22-28(40)13-11-26(3)8-5-17-36(32,37)4/h6-10,12,14,20-21,23,25,28,32,40,43H,5,11,13,15-19,22,24H2,1-4H3,(H,38,42)/t28-,32-,36-,37+/m0/s1. The lowest BCUT2D eigenvalue weighted by Crippen LogP contribution is -2.56. The number of nitrogens with zero attached hydrogens (tertiary/aromatic N) is 1. The Kier molecular flexibility index (Phi) is 10.4. The summed E-state index contributed by atoms with van der Waals surface area (Å²) in [7, 11) is 0. The van der Waals surface area contributed by atoms with Crippen molar-refractivity contribution in [1.29, 1.82) is 0 Å². The number of benzene rings is 1. The smallest absolute Gasteiger partial charge is 0.317 e. The number of furan rings is 1. The molecule has 3 aromatic rings. The van der Waals surface area contributed by atoms with Gasteiger partial charge >= 0.3 is 6.03 Å². The predicted octanol–water partition coefficient (Wildman–Crippen LogP) is 7.27. The van der Waals surface area contributed by atoms with E-state index in [9.17, 15) is 19.8 Å². The summed E-state index contributed by atoms with van der Waals surface area (Å²) in [4.78, 5) is 30.5. The van der Waals surface area contributed by atoms with E-state index in [2.05, 4.69) is 31.3 Å². The second kappa shape index (κ2) is 14.1. The Hall–Kier alpha value is -3.20. The highest BCUT2D eigenvalue weighted by molar-refractivity contribution is 7.09. The van der Waals surface area contributed by atoms with E-state index in [0.29, 0.717) is 44.2 Å². The fraction of sp³-hybridized carbons (Fsp3) is 0.514. The van der Waals surface area contributed by atoms with Gasteiger partial charge in [-0.05, 0) is 119 Å². The average Bonchev–Trinajstić information content (AvgIpc) is 3.76. The molecule has 1 fully saturated rings. The molecule has 2 aromatic heterocycles. The topological polar surface area (TPSA) is 103 Å². The molecule has 0 radical (unpaired) electrons. The summed E-state index contributed by atoms with van der Waals surface area (Å²) in [6.45, 7) is 8.86. The first-order chi connectivity index (χ1) is 21.5. The number of thiophene rings is 1. The lowest BCUT2D eigenvalue weighted by atomic mass is 9.64. The minimum Gasteiger partial charge on any atom is -0.461 e. The van der Waals surface area contributed by atoms with Crippen LogP contribution in [0, 0.1) is 5.41 Å². The van der Waals surface area contributed by atoms with Crippen LogP contribution in [0.2, 0.25) is 0 Å². The third-order valence-electron chi connectivity index (χ3n) is 10.0. The van der Waals surface area contributed by atoms with E-state index in [0.717, 1.165) is 30.4 Å². The number of fused-ring (bicyclic) bond motifs is 8. The van der Waals surface area contributed by atoms with Crippen molar-refractivity contribution in [2.75, 3.05) is 13.1 Å². The van der Waals surface area contributed by atoms with Crippen LogP contribution in [-0.4, -0.2) is 57.8 Å². The van der Waals surface area contributed by atoms with Crippen LogP contribution in [0.1, 0.15) is 104 Å². The lowest BCUT2D eigenvalue weighted by molar-refractivity contribution is -0.0769. The molecule has 2 heterocycles. The highest BCUT2D eigenvalue weighted by atomic mass is 32.1. The largest absolute Gasteiger partial charge is 0.461 e. The van der Waals surface area contributed by atoms with Crippen molar-refractivity contribution in [3.63, 3.8) is 0 Å². The maximum Gasteiger partial charge on any atom is 0.317 e. The molecule has 2 amide bonds. The van der Waals surface area contributed by atoms with Gasteiger partial charge in [-0.2, -0.15) is 0 Å². The molecule has 3 aliphatic rings. The van der Waals surface area contributed by atoms with E-state index < -0.39 is 17.1 Å². The van der Waals surface area contributed by atoms with Crippen molar-refractivity contribution in [1.82, 2.24) is 10.2 Å². The van der Waals surface area contributed by atoms with Crippen molar-refractivity contribution in [3.05, 3.63) is 93.1 Å². The summed E-state index contributed by atoms with van der Waals surface area (Å²) in [6, 6.07) is 13.3. The molecular formula is C37H48N2O5S. The molecule has 0 unspecified atom stereocenters. The second-order valence-corrected chi connectivity index (χ2v) is 14.6. The Morgan fingerprint density at radius 3 is 2.69 bits per heavy atom. The molecule has 0 saturated heterocycles. The zero-order valence-corrected chi connectivity index (χ0v) is 27.9. The van der Waals surface area contributed by atoms with Crippen LogP contribution < -0.4 is 5.32 Å². The zero-order chi connectivity index (χ0) is 32.2. The Morgan fingerprint density at radius 2 is 1.98 bits per heavy atom. The zero-order valence-electron chi connectivity index (χ0n) is 27.1. The maximum absolute atomic E-state index is 13.9. The summed E-state index contributed by atoms with van der Waals surface area (Å²) in [5.41, 5.74) is 1.77. The normalized spacial score (nSPS) is 25.4. The van der Waals surface area contributed by atoms with E-state index in [1.54, 1.807) is 28.4 Å². The van der Waals surface area contributed by atoms with Gasteiger partial charge in [0.25, 0.3) is 0 Å². The summed E-state index contributed by atoms with van der Waals surface area (Å²) in [5.74, 6) is -0.0473. The first-order valence-corrected chi connectivity index (χ1v) is 17.2. The number of urea groups is 1. The molecular weight excluding hydrogens is 584 g/mol. The van der Waals surface area contributed by atoms with Gasteiger partial charge in [-0.25, -0.2) is 4.79 Å². The number of carbonyl (C=O) groups is 2. The van der Waals surface area contributed by atoms with Gasteiger partial charge in [0.05, 0.1) is 24.5 Å². The van der Waals surface area contributed by atoms with E-state index in [-0.39, 0.29) is 36.1 Å². The summed E-state index contributed by atoms with van der Waals surface area (Å²) >= 11 is 1.67. The number of aliphatic hydroxyl groups excluding tert-OH is 1. The number of amides is 2. The highest BCUT2D eigenvalue weighted by Crippen LogP contribution is 2.59. The van der Waals surface area contributed by atoms with E-state index in [1.807, 2.05) is 43.5 Å². The fourth-order valence-corrected chi connectivity index (χ4v) is 8.04. The molecule has 0 aliphatic heterocycles. The van der Waals surface area contributed by atoms with E-state index in [1.165, 1.54) is 16.7 Å². The third-order valence-corrected chi connectivity index (χ3v) is 11.0. The summed E-state index contributed by atoms with van der Waals surface area (Å²) in [5, 5.41) is 28.7. The van der Waals surface area contributed by atoms with Gasteiger partial charge in [0.2, 0.25) is 5.78 Å². The van der Waals surface area contributed by atoms with Gasteiger partial charge in [-0.3, -0.25) is 4.79 Å². The van der Waals surface area contributed by atoms with Crippen LogP contribution in [0.3, 0.4) is 0 Å². The van der Waals surface area contributed by atoms with Crippen molar-refractivity contribution in [3.8, 4) is 0 Å². The minimum atomic E-state index is -1.18. The van der Waals surface area contributed by atoms with Crippen LogP contribution in [0.25, 0.3) is 0 Å². The molecule has 1 aromatic carbocycles. The predicted molar refractivity (Wildman–Crippen MR) is 179 cm³/mol. The maximum atomic E-state index is 13.9. The molecule has 8 heteroatoms. The van der Waals surface area contributed by atoms with E-state index in [4.69, 9.17) is 4.42 Å². The average molecular weight is 633 g/mol. The first-order valence-electron chi connectivity index (χ1n) is 16.3. The molecule has 4 atom stereocenters.